The molecule has 2 N–H and O–H groups in total. The topological polar surface area (TPSA) is 61.5 Å². The monoisotopic (exact) mass is 301 g/mol. The van der Waals surface area contributed by atoms with E-state index < -0.39 is 5.41 Å². The summed E-state index contributed by atoms with van der Waals surface area (Å²) >= 11 is 10.9. The summed E-state index contributed by atoms with van der Waals surface area (Å²) in [6.45, 7) is 3.62. The molecule has 0 aliphatic heterocycles. The first-order valence-electron chi connectivity index (χ1n) is 5.58. The van der Waals surface area contributed by atoms with Gasteiger partial charge in [0.2, 0.25) is 0 Å². The van der Waals surface area contributed by atoms with Crippen LogP contribution in [0.1, 0.15) is 19.4 Å². The quantitative estimate of drug-likeness (QED) is 0.669. The third kappa shape index (κ3) is 4.08. The van der Waals surface area contributed by atoms with Crippen LogP contribution in [0, 0.1) is 5.41 Å². The normalized spacial score (nSPS) is 10.9. The molecule has 0 atom stereocenters. The van der Waals surface area contributed by atoms with Gasteiger partial charge in [0.1, 0.15) is 17.3 Å². The lowest BCUT2D eigenvalue weighted by atomic mass is 9.95. The van der Waals surface area contributed by atoms with Gasteiger partial charge in [-0.2, -0.15) is 0 Å². The van der Waals surface area contributed by atoms with E-state index in [4.69, 9.17) is 39.0 Å². The first kappa shape index (κ1) is 15.7. The molecule has 0 heterocycles. The number of thiocarbonyl (C=S) groups is 1. The lowest BCUT2D eigenvalue weighted by Gasteiger charge is -2.22. The lowest BCUT2D eigenvalue weighted by molar-refractivity contribution is -0.152. The summed E-state index contributed by atoms with van der Waals surface area (Å²) in [5.74, 6) is 0.127. The zero-order chi connectivity index (χ0) is 14.6. The molecular formula is C13H16ClNO3S. The molecule has 0 aromatic heterocycles. The van der Waals surface area contributed by atoms with Crippen LogP contribution < -0.4 is 10.5 Å². The first-order valence-corrected chi connectivity index (χ1v) is 6.37. The van der Waals surface area contributed by atoms with Crippen LogP contribution >= 0.6 is 23.8 Å². The second-order valence-corrected chi connectivity index (χ2v) is 5.52. The molecule has 1 aromatic carbocycles. The van der Waals surface area contributed by atoms with Gasteiger partial charge >= 0.3 is 5.97 Å². The van der Waals surface area contributed by atoms with Crippen molar-refractivity contribution in [2.45, 2.75) is 13.8 Å². The van der Waals surface area contributed by atoms with Crippen molar-refractivity contribution in [3.05, 3.63) is 28.8 Å². The zero-order valence-corrected chi connectivity index (χ0v) is 12.6. The van der Waals surface area contributed by atoms with Crippen molar-refractivity contribution in [2.24, 2.45) is 11.1 Å². The van der Waals surface area contributed by atoms with E-state index in [0.717, 1.165) is 0 Å². The highest BCUT2D eigenvalue weighted by atomic mass is 35.5. The average molecular weight is 302 g/mol. The van der Waals surface area contributed by atoms with E-state index in [-0.39, 0.29) is 17.6 Å². The Balaban J connectivity index is 2.79. The molecule has 19 heavy (non-hydrogen) atoms. The fraction of sp³-hybridized carbons (Fsp3) is 0.385. The maximum atomic E-state index is 11.5. The Hall–Kier alpha value is -1.33. The predicted octanol–water partition coefficient (Wildman–Crippen LogP) is 2.55. The molecule has 0 saturated heterocycles. The van der Waals surface area contributed by atoms with Gasteiger partial charge in [-0.25, -0.2) is 0 Å². The van der Waals surface area contributed by atoms with Gasteiger partial charge in [0.15, 0.2) is 0 Å². The molecule has 0 spiro atoms. The fourth-order valence-corrected chi connectivity index (χ4v) is 1.73. The van der Waals surface area contributed by atoms with E-state index >= 15 is 0 Å². The van der Waals surface area contributed by atoms with Gasteiger partial charge in [-0.15, -0.1) is 0 Å². The van der Waals surface area contributed by atoms with Crippen molar-refractivity contribution in [3.63, 3.8) is 0 Å². The molecule has 0 aliphatic carbocycles. The van der Waals surface area contributed by atoms with E-state index in [1.54, 1.807) is 32.0 Å². The summed E-state index contributed by atoms with van der Waals surface area (Å²) < 4.78 is 10.2. The van der Waals surface area contributed by atoms with Gasteiger partial charge in [-0.1, -0.05) is 23.8 Å². The van der Waals surface area contributed by atoms with E-state index in [9.17, 15) is 4.79 Å². The van der Waals surface area contributed by atoms with E-state index in [1.165, 1.54) is 7.11 Å². The SMILES string of the molecule is COC(=O)C(C)(C)COc1ccc(C(N)=S)cc1Cl. The fourth-order valence-electron chi connectivity index (χ4n) is 1.36. The molecule has 0 bridgehead atoms. The summed E-state index contributed by atoms with van der Waals surface area (Å²) in [7, 11) is 1.34. The Morgan fingerprint density at radius 2 is 2.11 bits per heavy atom. The van der Waals surface area contributed by atoms with Gasteiger partial charge in [0, 0.05) is 5.56 Å². The van der Waals surface area contributed by atoms with E-state index in [1.807, 2.05) is 0 Å². The van der Waals surface area contributed by atoms with Crippen molar-refractivity contribution in [1.82, 2.24) is 0 Å². The maximum absolute atomic E-state index is 11.5. The number of rotatable bonds is 5. The van der Waals surface area contributed by atoms with Crippen LogP contribution in [-0.2, 0) is 9.53 Å². The summed E-state index contributed by atoms with van der Waals surface area (Å²) in [4.78, 5) is 11.8. The van der Waals surface area contributed by atoms with Crippen LogP contribution in [0.3, 0.4) is 0 Å². The summed E-state index contributed by atoms with van der Waals surface area (Å²) in [6, 6.07) is 5.02. The summed E-state index contributed by atoms with van der Waals surface area (Å²) in [5.41, 5.74) is 5.42. The molecule has 1 aromatic rings. The molecule has 0 saturated carbocycles. The number of carbonyl (C=O) groups excluding carboxylic acids is 1. The van der Waals surface area contributed by atoms with Gasteiger partial charge in [-0.05, 0) is 32.0 Å². The van der Waals surface area contributed by atoms with Crippen LogP contribution in [0.4, 0.5) is 0 Å². The number of halogens is 1. The molecule has 104 valence electrons. The lowest BCUT2D eigenvalue weighted by Crippen LogP contribution is -2.32. The van der Waals surface area contributed by atoms with Crippen LogP contribution in [0.25, 0.3) is 0 Å². The minimum atomic E-state index is -0.750. The second-order valence-electron chi connectivity index (χ2n) is 4.67. The number of ether oxygens (including phenoxy) is 2. The van der Waals surface area contributed by atoms with Gasteiger partial charge in [0.05, 0.1) is 17.5 Å². The molecular weight excluding hydrogens is 286 g/mol. The molecule has 0 unspecified atom stereocenters. The first-order chi connectivity index (χ1) is 8.77. The van der Waals surface area contributed by atoms with Crippen molar-refractivity contribution < 1.29 is 14.3 Å². The molecule has 6 heteroatoms. The summed E-state index contributed by atoms with van der Waals surface area (Å²) in [6.07, 6.45) is 0. The van der Waals surface area contributed by atoms with Crippen molar-refractivity contribution in [3.8, 4) is 5.75 Å². The third-order valence-corrected chi connectivity index (χ3v) is 3.07. The van der Waals surface area contributed by atoms with Crippen molar-refractivity contribution in [2.75, 3.05) is 13.7 Å². The largest absolute Gasteiger partial charge is 0.491 e. The van der Waals surface area contributed by atoms with E-state index in [0.29, 0.717) is 16.3 Å². The Labute approximate surface area is 122 Å². The van der Waals surface area contributed by atoms with Crippen LogP contribution in [0.15, 0.2) is 18.2 Å². The molecule has 0 fully saturated rings. The number of hydrogen-bond acceptors (Lipinski definition) is 4. The van der Waals surface area contributed by atoms with Gasteiger partial charge in [-0.3, -0.25) is 4.79 Å². The number of benzene rings is 1. The molecule has 0 amide bonds. The number of hydrogen-bond donors (Lipinski definition) is 1. The average Bonchev–Trinajstić information content (AvgIpc) is 2.36. The predicted molar refractivity (Wildman–Crippen MR) is 78.6 cm³/mol. The van der Waals surface area contributed by atoms with Gasteiger partial charge < -0.3 is 15.2 Å². The molecule has 0 aliphatic rings. The minimum absolute atomic E-state index is 0.159. The number of nitrogens with two attached hydrogens (primary N) is 1. The van der Waals surface area contributed by atoms with Crippen LogP contribution in [0.5, 0.6) is 5.75 Å². The maximum Gasteiger partial charge on any atom is 0.314 e. The molecule has 1 rings (SSSR count). The highest BCUT2D eigenvalue weighted by Gasteiger charge is 2.30. The smallest absolute Gasteiger partial charge is 0.314 e. The minimum Gasteiger partial charge on any atom is -0.491 e. The van der Waals surface area contributed by atoms with Crippen molar-refractivity contribution in [1.29, 1.82) is 0 Å². The molecule has 0 radical (unpaired) electrons. The Kier molecular flexibility index (Phi) is 5.14. The van der Waals surface area contributed by atoms with Gasteiger partial charge in [0.25, 0.3) is 0 Å². The Morgan fingerprint density at radius 3 is 2.58 bits per heavy atom. The Morgan fingerprint density at radius 1 is 1.47 bits per heavy atom. The Bertz CT molecular complexity index is 503. The summed E-state index contributed by atoms with van der Waals surface area (Å²) in [5, 5.41) is 0.394. The third-order valence-electron chi connectivity index (χ3n) is 2.54. The number of esters is 1. The van der Waals surface area contributed by atoms with Crippen molar-refractivity contribution >= 4 is 34.8 Å². The number of carbonyl (C=O) groups is 1. The number of methoxy groups -OCH3 is 1. The van der Waals surface area contributed by atoms with Crippen LogP contribution in [-0.4, -0.2) is 24.7 Å². The standard InChI is InChI=1S/C13H16ClNO3S/c1-13(2,12(16)17-3)7-18-10-5-4-8(11(15)19)6-9(10)14/h4-6H,7H2,1-3H3,(H2,15,19). The molecule has 4 nitrogen and oxygen atoms in total. The zero-order valence-electron chi connectivity index (χ0n) is 11.0. The highest BCUT2D eigenvalue weighted by molar-refractivity contribution is 7.80. The van der Waals surface area contributed by atoms with Crippen LogP contribution in [0.2, 0.25) is 5.02 Å². The second kappa shape index (κ2) is 6.21. The van der Waals surface area contributed by atoms with E-state index in [2.05, 4.69) is 0 Å². The highest BCUT2D eigenvalue weighted by Crippen LogP contribution is 2.28.